The van der Waals surface area contributed by atoms with Crippen molar-refractivity contribution in [3.63, 3.8) is 0 Å². The Balaban J connectivity index is 1.86. The Kier molecular flexibility index (Phi) is 5.17. The van der Waals surface area contributed by atoms with Crippen LogP contribution in [0, 0.1) is 0 Å². The molecule has 4 rings (SSSR count). The fraction of sp³-hybridized carbons (Fsp3) is 0.321. The molecule has 1 heterocycles. The highest BCUT2D eigenvalue weighted by molar-refractivity contribution is 6.08. The molecule has 3 heteroatoms. The van der Waals surface area contributed by atoms with Gasteiger partial charge in [0.2, 0.25) is 0 Å². The van der Waals surface area contributed by atoms with E-state index in [-0.39, 0.29) is 16.9 Å². The summed E-state index contributed by atoms with van der Waals surface area (Å²) in [5.41, 5.74) is 11.5. The molecule has 1 aliphatic rings. The van der Waals surface area contributed by atoms with Crippen molar-refractivity contribution in [3.8, 4) is 0 Å². The Morgan fingerprint density at radius 1 is 0.935 bits per heavy atom. The first kappa shape index (κ1) is 21.2. The topological polar surface area (TPSA) is 46.3 Å². The molecular formula is C28H32N2O. The Morgan fingerprint density at radius 2 is 1.58 bits per heavy atom. The lowest BCUT2D eigenvalue weighted by Crippen LogP contribution is -2.55. The third-order valence-corrected chi connectivity index (χ3v) is 6.69. The van der Waals surface area contributed by atoms with Crippen LogP contribution in [-0.4, -0.2) is 11.4 Å². The van der Waals surface area contributed by atoms with Gasteiger partial charge in [0, 0.05) is 22.2 Å². The number of nitrogens with two attached hydrogens (primary N) is 1. The molecule has 1 aliphatic heterocycles. The van der Waals surface area contributed by atoms with Crippen molar-refractivity contribution >= 4 is 17.3 Å². The van der Waals surface area contributed by atoms with Crippen molar-refractivity contribution in [2.75, 3.05) is 10.6 Å². The summed E-state index contributed by atoms with van der Waals surface area (Å²) in [5, 5.41) is 0. The first-order chi connectivity index (χ1) is 14.6. The second kappa shape index (κ2) is 7.56. The molecule has 160 valence electrons. The van der Waals surface area contributed by atoms with Gasteiger partial charge in [-0.25, -0.2) is 0 Å². The molecule has 0 spiro atoms. The molecule has 1 atom stereocenters. The van der Waals surface area contributed by atoms with E-state index in [0.717, 1.165) is 17.7 Å². The molecule has 0 bridgehead atoms. The summed E-state index contributed by atoms with van der Waals surface area (Å²) in [6, 6.07) is 24.6. The number of rotatable bonds is 3. The third-order valence-electron chi connectivity index (χ3n) is 6.69. The van der Waals surface area contributed by atoms with Crippen molar-refractivity contribution < 1.29 is 4.79 Å². The summed E-state index contributed by atoms with van der Waals surface area (Å²) in [5.74, 6) is 0.449. The molecule has 3 aromatic carbocycles. The molecule has 0 aliphatic carbocycles. The average molecular weight is 413 g/mol. The predicted molar refractivity (Wildman–Crippen MR) is 130 cm³/mol. The van der Waals surface area contributed by atoms with E-state index in [1.807, 2.05) is 35.2 Å². The molecule has 1 amide bonds. The molecule has 0 saturated carbocycles. The van der Waals surface area contributed by atoms with Gasteiger partial charge in [0.1, 0.15) is 0 Å². The summed E-state index contributed by atoms with van der Waals surface area (Å²) in [6.07, 6.45) is 0.816. The van der Waals surface area contributed by atoms with Gasteiger partial charge in [-0.15, -0.1) is 0 Å². The summed E-state index contributed by atoms with van der Waals surface area (Å²) >= 11 is 0. The standard InChI is InChI=1S/C28H32N2O/c1-19(2)20-11-13-21(14-12-20)26(31)30-25-17-23(29)15-16-24(25)28(5,18-27(30,3)4)22-9-7-6-8-10-22/h6-17,19H,18,29H2,1-5H3/t28-/m1/s1. The fourth-order valence-corrected chi connectivity index (χ4v) is 5.15. The summed E-state index contributed by atoms with van der Waals surface area (Å²) in [6.45, 7) is 10.9. The molecule has 3 nitrogen and oxygen atoms in total. The number of carbonyl (C=O) groups excluding carboxylic acids is 1. The van der Waals surface area contributed by atoms with E-state index in [0.29, 0.717) is 17.2 Å². The normalized spacial score (nSPS) is 19.9. The minimum atomic E-state index is -0.390. The minimum Gasteiger partial charge on any atom is -0.399 e. The molecule has 31 heavy (non-hydrogen) atoms. The molecule has 0 fully saturated rings. The van der Waals surface area contributed by atoms with E-state index in [1.54, 1.807) is 0 Å². The van der Waals surface area contributed by atoms with Crippen molar-refractivity contribution in [1.82, 2.24) is 0 Å². The number of benzene rings is 3. The number of hydrogen-bond acceptors (Lipinski definition) is 2. The van der Waals surface area contributed by atoms with Crippen molar-refractivity contribution in [3.05, 3.63) is 95.1 Å². The van der Waals surface area contributed by atoms with Crippen LogP contribution in [0.1, 0.15) is 74.0 Å². The van der Waals surface area contributed by atoms with Gasteiger partial charge in [-0.1, -0.05) is 69.3 Å². The quantitative estimate of drug-likeness (QED) is 0.497. The van der Waals surface area contributed by atoms with Crippen LogP contribution in [0.2, 0.25) is 0 Å². The van der Waals surface area contributed by atoms with E-state index in [9.17, 15) is 4.79 Å². The number of carbonyl (C=O) groups is 1. The number of nitrogen functional groups attached to an aromatic ring is 1. The first-order valence-electron chi connectivity index (χ1n) is 11.0. The van der Waals surface area contributed by atoms with Gasteiger partial charge in [-0.3, -0.25) is 4.79 Å². The van der Waals surface area contributed by atoms with E-state index >= 15 is 0 Å². The van der Waals surface area contributed by atoms with Crippen LogP contribution in [0.3, 0.4) is 0 Å². The minimum absolute atomic E-state index is 0.0160. The van der Waals surface area contributed by atoms with Crippen molar-refractivity contribution in [1.29, 1.82) is 0 Å². The molecule has 0 radical (unpaired) electrons. The van der Waals surface area contributed by atoms with Crippen LogP contribution in [0.4, 0.5) is 11.4 Å². The summed E-state index contributed by atoms with van der Waals surface area (Å²) in [7, 11) is 0. The number of fused-ring (bicyclic) bond motifs is 1. The smallest absolute Gasteiger partial charge is 0.258 e. The maximum atomic E-state index is 13.8. The van der Waals surface area contributed by atoms with Crippen molar-refractivity contribution in [2.45, 2.75) is 57.9 Å². The van der Waals surface area contributed by atoms with Gasteiger partial charge in [-0.2, -0.15) is 0 Å². The molecule has 3 aromatic rings. The lowest BCUT2D eigenvalue weighted by molar-refractivity contribution is 0.0949. The zero-order valence-corrected chi connectivity index (χ0v) is 19.1. The van der Waals surface area contributed by atoms with Crippen LogP contribution < -0.4 is 10.6 Å². The maximum Gasteiger partial charge on any atom is 0.258 e. The van der Waals surface area contributed by atoms with Crippen LogP contribution >= 0.6 is 0 Å². The highest BCUT2D eigenvalue weighted by Crippen LogP contribution is 2.51. The lowest BCUT2D eigenvalue weighted by atomic mass is 9.65. The fourth-order valence-electron chi connectivity index (χ4n) is 5.15. The Bertz CT molecular complexity index is 1100. The van der Waals surface area contributed by atoms with E-state index < -0.39 is 0 Å². The largest absolute Gasteiger partial charge is 0.399 e. The third kappa shape index (κ3) is 3.63. The van der Waals surface area contributed by atoms with Crippen LogP contribution in [0.25, 0.3) is 0 Å². The Morgan fingerprint density at radius 3 is 2.19 bits per heavy atom. The van der Waals surface area contributed by atoms with Crippen LogP contribution in [0.5, 0.6) is 0 Å². The van der Waals surface area contributed by atoms with Gasteiger partial charge < -0.3 is 10.6 Å². The number of nitrogens with zero attached hydrogens (tertiary/aromatic N) is 1. The van der Waals surface area contributed by atoms with Gasteiger partial charge >= 0.3 is 0 Å². The van der Waals surface area contributed by atoms with Crippen LogP contribution in [-0.2, 0) is 5.41 Å². The molecule has 0 aromatic heterocycles. The predicted octanol–water partition coefficient (Wildman–Crippen LogP) is 6.53. The number of hydrogen-bond donors (Lipinski definition) is 1. The number of anilines is 2. The van der Waals surface area contributed by atoms with Crippen LogP contribution in [0.15, 0.2) is 72.8 Å². The van der Waals surface area contributed by atoms with Gasteiger partial charge in [-0.05, 0) is 67.1 Å². The van der Waals surface area contributed by atoms with E-state index in [2.05, 4.69) is 77.1 Å². The molecule has 2 N–H and O–H groups in total. The molecular weight excluding hydrogens is 380 g/mol. The highest BCUT2D eigenvalue weighted by atomic mass is 16.2. The monoisotopic (exact) mass is 412 g/mol. The lowest BCUT2D eigenvalue weighted by Gasteiger charge is -2.51. The highest BCUT2D eigenvalue weighted by Gasteiger charge is 2.47. The first-order valence-corrected chi connectivity index (χ1v) is 11.0. The van der Waals surface area contributed by atoms with Gasteiger partial charge in [0.15, 0.2) is 0 Å². The molecule has 0 saturated heterocycles. The van der Waals surface area contributed by atoms with Gasteiger partial charge in [0.05, 0.1) is 5.69 Å². The second-order valence-corrected chi connectivity index (χ2v) is 9.88. The average Bonchev–Trinajstić information content (AvgIpc) is 2.73. The van der Waals surface area contributed by atoms with E-state index in [1.165, 1.54) is 11.1 Å². The van der Waals surface area contributed by atoms with E-state index in [4.69, 9.17) is 5.73 Å². The summed E-state index contributed by atoms with van der Waals surface area (Å²) < 4.78 is 0. The zero-order valence-electron chi connectivity index (χ0n) is 19.1. The van der Waals surface area contributed by atoms with Crippen molar-refractivity contribution in [2.24, 2.45) is 0 Å². The van der Waals surface area contributed by atoms with Gasteiger partial charge in [0.25, 0.3) is 5.91 Å². The number of amides is 1. The maximum absolute atomic E-state index is 13.8. The SMILES string of the molecule is CC(C)c1ccc(C(=O)N2c3cc(N)ccc3[C@@](C)(c3ccccc3)CC2(C)C)cc1. The second-order valence-electron chi connectivity index (χ2n) is 9.88. The zero-order chi connectivity index (χ0) is 22.4. The Hall–Kier alpha value is -3.07. The Labute approximate surface area is 185 Å². The molecule has 0 unspecified atom stereocenters. The summed E-state index contributed by atoms with van der Waals surface area (Å²) in [4.78, 5) is 15.8.